The highest BCUT2D eigenvalue weighted by atomic mass is 35.5. The van der Waals surface area contributed by atoms with Crippen LogP contribution < -0.4 is 21.3 Å². The zero-order chi connectivity index (χ0) is 28.9. The lowest BCUT2D eigenvalue weighted by Crippen LogP contribution is -2.49. The molecule has 1 saturated heterocycles. The topological polar surface area (TPSA) is 121 Å². The number of pyridine rings is 1. The van der Waals surface area contributed by atoms with Crippen molar-refractivity contribution in [2.45, 2.75) is 44.7 Å². The van der Waals surface area contributed by atoms with Crippen LogP contribution in [0.5, 0.6) is 0 Å². The molecule has 0 unspecified atom stereocenters. The molecule has 9 nitrogen and oxygen atoms in total. The molecular formula is C31H35ClN6O3. The number of benzene rings is 2. The number of carbonyl (C=O) groups excluding carboxylic acids is 3. The van der Waals surface area contributed by atoms with Crippen LogP contribution in [0.2, 0.25) is 5.15 Å². The quantitative estimate of drug-likeness (QED) is 0.378. The lowest BCUT2D eigenvalue weighted by molar-refractivity contribution is 0.0746. The number of rotatable bonds is 6. The van der Waals surface area contributed by atoms with Gasteiger partial charge in [0.15, 0.2) is 0 Å². The van der Waals surface area contributed by atoms with Crippen molar-refractivity contribution in [3.63, 3.8) is 0 Å². The SMILES string of the molecule is Cc1cccc(C(=O)Nc2cc(C(=O)NC3CCC(N)CC3)ccc2N2CCN(C(=O)c3ccc(Cl)nc3)CC2)c1. The third-order valence-electron chi connectivity index (χ3n) is 7.78. The van der Waals surface area contributed by atoms with E-state index in [-0.39, 0.29) is 29.8 Å². The Morgan fingerprint density at radius 2 is 1.59 bits per heavy atom. The summed E-state index contributed by atoms with van der Waals surface area (Å²) in [6, 6.07) is 16.4. The molecule has 41 heavy (non-hydrogen) atoms. The average molecular weight is 575 g/mol. The number of nitrogens with zero attached hydrogens (tertiary/aromatic N) is 3. The third-order valence-corrected chi connectivity index (χ3v) is 8.00. The zero-order valence-electron chi connectivity index (χ0n) is 23.1. The number of aromatic nitrogens is 1. The normalized spacial score (nSPS) is 19.0. The van der Waals surface area contributed by atoms with Crippen LogP contribution in [0.1, 0.15) is 62.3 Å². The summed E-state index contributed by atoms with van der Waals surface area (Å²) in [4.78, 5) is 47.3. The first-order valence-corrected chi connectivity index (χ1v) is 14.4. The summed E-state index contributed by atoms with van der Waals surface area (Å²) in [6.07, 6.45) is 4.99. The molecule has 10 heteroatoms. The lowest BCUT2D eigenvalue weighted by atomic mass is 9.91. The van der Waals surface area contributed by atoms with Gasteiger partial charge < -0.3 is 26.2 Å². The van der Waals surface area contributed by atoms with Gasteiger partial charge in [-0.3, -0.25) is 14.4 Å². The Balaban J connectivity index is 1.34. The van der Waals surface area contributed by atoms with Gasteiger partial charge in [-0.05, 0) is 75.1 Å². The highest BCUT2D eigenvalue weighted by molar-refractivity contribution is 6.29. The summed E-state index contributed by atoms with van der Waals surface area (Å²) in [6.45, 7) is 4.06. The van der Waals surface area contributed by atoms with E-state index < -0.39 is 0 Å². The molecule has 0 spiro atoms. The number of hydrogen-bond donors (Lipinski definition) is 3. The van der Waals surface area contributed by atoms with E-state index in [1.54, 1.807) is 35.2 Å². The van der Waals surface area contributed by atoms with Gasteiger partial charge in [-0.2, -0.15) is 0 Å². The predicted molar refractivity (Wildman–Crippen MR) is 161 cm³/mol. The molecular weight excluding hydrogens is 540 g/mol. The fourth-order valence-corrected chi connectivity index (χ4v) is 5.51. The minimum absolute atomic E-state index is 0.0915. The third kappa shape index (κ3) is 7.04. The number of piperazine rings is 1. The van der Waals surface area contributed by atoms with Crippen LogP contribution in [0.3, 0.4) is 0 Å². The number of nitrogens with two attached hydrogens (primary N) is 1. The Kier molecular flexibility index (Phi) is 8.85. The summed E-state index contributed by atoms with van der Waals surface area (Å²) in [5, 5.41) is 6.52. The molecule has 0 atom stereocenters. The Morgan fingerprint density at radius 1 is 0.878 bits per heavy atom. The van der Waals surface area contributed by atoms with Gasteiger partial charge in [0.05, 0.1) is 16.9 Å². The van der Waals surface area contributed by atoms with Gasteiger partial charge in [0.25, 0.3) is 17.7 Å². The van der Waals surface area contributed by atoms with Crippen molar-refractivity contribution in [1.82, 2.24) is 15.2 Å². The second-order valence-corrected chi connectivity index (χ2v) is 11.2. The van der Waals surface area contributed by atoms with Crippen LogP contribution >= 0.6 is 11.6 Å². The monoisotopic (exact) mass is 574 g/mol. The number of hydrogen-bond acceptors (Lipinski definition) is 6. The number of aryl methyl sites for hydroxylation is 1. The number of nitrogens with one attached hydrogen (secondary N) is 2. The molecule has 214 valence electrons. The largest absolute Gasteiger partial charge is 0.366 e. The van der Waals surface area contributed by atoms with Crippen LogP contribution in [0.4, 0.5) is 11.4 Å². The second-order valence-electron chi connectivity index (χ2n) is 10.8. The molecule has 1 aromatic heterocycles. The van der Waals surface area contributed by atoms with Crippen molar-refractivity contribution >= 4 is 40.7 Å². The first-order chi connectivity index (χ1) is 19.8. The summed E-state index contributed by atoms with van der Waals surface area (Å²) in [5.41, 5.74) is 9.86. The van der Waals surface area contributed by atoms with Gasteiger partial charge in [0.2, 0.25) is 0 Å². The van der Waals surface area contributed by atoms with Crippen molar-refractivity contribution in [2.75, 3.05) is 36.4 Å². The highest BCUT2D eigenvalue weighted by Gasteiger charge is 2.26. The molecule has 2 aromatic carbocycles. The highest BCUT2D eigenvalue weighted by Crippen LogP contribution is 2.30. The van der Waals surface area contributed by atoms with Gasteiger partial charge in [0, 0.05) is 55.6 Å². The minimum atomic E-state index is -0.252. The van der Waals surface area contributed by atoms with E-state index in [1.165, 1.54) is 6.20 Å². The van der Waals surface area contributed by atoms with Crippen LogP contribution in [0.25, 0.3) is 0 Å². The van der Waals surface area contributed by atoms with Crippen LogP contribution in [0, 0.1) is 6.92 Å². The first-order valence-electron chi connectivity index (χ1n) is 14.0. The van der Waals surface area contributed by atoms with E-state index in [0.717, 1.165) is 36.9 Å². The fourth-order valence-electron chi connectivity index (χ4n) is 5.40. The van der Waals surface area contributed by atoms with Gasteiger partial charge in [-0.25, -0.2) is 4.98 Å². The Labute approximate surface area is 245 Å². The summed E-state index contributed by atoms with van der Waals surface area (Å²) in [5.74, 6) is -0.523. The van der Waals surface area contributed by atoms with Gasteiger partial charge in [-0.15, -0.1) is 0 Å². The van der Waals surface area contributed by atoms with Gasteiger partial charge in [-0.1, -0.05) is 29.3 Å². The van der Waals surface area contributed by atoms with E-state index in [4.69, 9.17) is 17.3 Å². The van der Waals surface area contributed by atoms with Crippen LogP contribution in [-0.2, 0) is 0 Å². The molecule has 1 saturated carbocycles. The van der Waals surface area contributed by atoms with Crippen LogP contribution in [0.15, 0.2) is 60.8 Å². The number of carbonyl (C=O) groups is 3. The summed E-state index contributed by atoms with van der Waals surface area (Å²) >= 11 is 5.87. The Bertz CT molecular complexity index is 1410. The molecule has 3 aromatic rings. The van der Waals surface area contributed by atoms with E-state index >= 15 is 0 Å². The van der Waals surface area contributed by atoms with Gasteiger partial charge >= 0.3 is 0 Å². The van der Waals surface area contributed by atoms with E-state index in [0.29, 0.717) is 53.7 Å². The van der Waals surface area contributed by atoms with E-state index in [9.17, 15) is 14.4 Å². The molecule has 5 rings (SSSR count). The lowest BCUT2D eigenvalue weighted by Gasteiger charge is -2.37. The first kappa shape index (κ1) is 28.6. The molecule has 2 aliphatic rings. The maximum Gasteiger partial charge on any atom is 0.255 e. The molecule has 1 aliphatic carbocycles. The standard InChI is InChI=1S/C31H35ClN6O3/c1-20-3-2-4-21(17-20)30(40)36-26-18-22(29(39)35-25-9-7-24(33)8-10-25)5-11-27(26)37-13-15-38(16-14-37)31(41)23-6-12-28(32)34-19-23/h2-6,11-12,17-19,24-25H,7-10,13-16,33H2,1H3,(H,35,39)(H,36,40). The predicted octanol–water partition coefficient (Wildman–Crippen LogP) is 4.26. The van der Waals surface area contributed by atoms with Crippen molar-refractivity contribution < 1.29 is 14.4 Å². The molecule has 2 fully saturated rings. The molecule has 2 heterocycles. The maximum absolute atomic E-state index is 13.2. The molecule has 4 N–H and O–H groups in total. The van der Waals surface area contributed by atoms with Gasteiger partial charge in [0.1, 0.15) is 5.15 Å². The number of anilines is 2. The number of amides is 3. The summed E-state index contributed by atoms with van der Waals surface area (Å²) in [7, 11) is 0. The Morgan fingerprint density at radius 3 is 2.27 bits per heavy atom. The Hall–Kier alpha value is -3.95. The fraction of sp³-hybridized carbons (Fsp3) is 0.355. The van der Waals surface area contributed by atoms with Crippen molar-refractivity contribution in [3.05, 3.63) is 88.2 Å². The van der Waals surface area contributed by atoms with Crippen molar-refractivity contribution in [2.24, 2.45) is 5.73 Å². The summed E-state index contributed by atoms with van der Waals surface area (Å²) < 4.78 is 0. The molecule has 1 aliphatic heterocycles. The maximum atomic E-state index is 13.2. The smallest absolute Gasteiger partial charge is 0.255 e. The average Bonchev–Trinajstić information content (AvgIpc) is 2.98. The van der Waals surface area contributed by atoms with Crippen molar-refractivity contribution in [1.29, 1.82) is 0 Å². The zero-order valence-corrected chi connectivity index (χ0v) is 23.9. The minimum Gasteiger partial charge on any atom is -0.366 e. The van der Waals surface area contributed by atoms with Crippen LogP contribution in [-0.4, -0.2) is 65.9 Å². The van der Waals surface area contributed by atoms with Crippen molar-refractivity contribution in [3.8, 4) is 0 Å². The molecule has 3 amide bonds. The van der Waals surface area contributed by atoms with E-state index in [1.807, 2.05) is 31.2 Å². The number of halogens is 1. The molecule has 0 radical (unpaired) electrons. The second kappa shape index (κ2) is 12.7. The molecule has 0 bridgehead atoms. The van der Waals surface area contributed by atoms with E-state index in [2.05, 4.69) is 20.5 Å².